The normalized spacial score (nSPS) is 26.8. The van der Waals surface area contributed by atoms with Crippen LogP contribution in [0, 0.1) is 17.8 Å². The number of hydrogen-bond acceptors (Lipinski definition) is 2. The summed E-state index contributed by atoms with van der Waals surface area (Å²) in [4.78, 5) is 24.3. The Labute approximate surface area is 128 Å². The monoisotopic (exact) mass is 294 g/mol. The number of hydrogen-bond donors (Lipinski definition) is 2. The van der Waals surface area contributed by atoms with Crippen molar-refractivity contribution in [2.24, 2.45) is 17.8 Å². The lowest BCUT2D eigenvalue weighted by molar-refractivity contribution is -0.131. The molecular weight excluding hydrogens is 264 g/mol. The molecule has 0 saturated heterocycles. The summed E-state index contributed by atoms with van der Waals surface area (Å²) < 4.78 is 0. The van der Waals surface area contributed by atoms with Crippen molar-refractivity contribution in [2.45, 2.75) is 71.3 Å². The molecule has 21 heavy (non-hydrogen) atoms. The Morgan fingerprint density at radius 2 is 1.43 bits per heavy atom. The summed E-state index contributed by atoms with van der Waals surface area (Å²) in [7, 11) is 0. The summed E-state index contributed by atoms with van der Waals surface area (Å²) >= 11 is 0. The van der Waals surface area contributed by atoms with Crippen molar-refractivity contribution in [3.63, 3.8) is 0 Å². The lowest BCUT2D eigenvalue weighted by atomic mass is 9.81. The third-order valence-electron chi connectivity index (χ3n) is 4.85. The van der Waals surface area contributed by atoms with Gasteiger partial charge in [0, 0.05) is 24.4 Å². The van der Waals surface area contributed by atoms with E-state index < -0.39 is 0 Å². The summed E-state index contributed by atoms with van der Waals surface area (Å²) in [6.45, 7) is 4.95. The summed E-state index contributed by atoms with van der Waals surface area (Å²) in [5.41, 5.74) is 0. The molecule has 2 N–H and O–H groups in total. The van der Waals surface area contributed by atoms with Crippen LogP contribution in [-0.2, 0) is 9.59 Å². The minimum Gasteiger partial charge on any atom is -0.356 e. The molecule has 2 aliphatic carbocycles. The van der Waals surface area contributed by atoms with Gasteiger partial charge in [-0.2, -0.15) is 0 Å². The molecule has 2 fully saturated rings. The molecule has 4 nitrogen and oxygen atoms in total. The van der Waals surface area contributed by atoms with E-state index in [0.29, 0.717) is 12.0 Å². The Bertz CT molecular complexity index is 354. The Hall–Kier alpha value is -1.06. The molecule has 0 aliphatic heterocycles. The van der Waals surface area contributed by atoms with Crippen molar-refractivity contribution < 1.29 is 9.59 Å². The second kappa shape index (κ2) is 7.81. The van der Waals surface area contributed by atoms with E-state index in [-0.39, 0.29) is 23.7 Å². The van der Waals surface area contributed by atoms with Crippen molar-refractivity contribution in [1.29, 1.82) is 0 Å². The van der Waals surface area contributed by atoms with Crippen LogP contribution < -0.4 is 10.6 Å². The van der Waals surface area contributed by atoms with Gasteiger partial charge in [0.15, 0.2) is 0 Å². The van der Waals surface area contributed by atoms with Gasteiger partial charge >= 0.3 is 0 Å². The SMILES string of the molecule is CC(C)CNC(=O)C1CCC(C(=O)NC2CCCC2)CC1. The Kier molecular flexibility index (Phi) is 6.07. The zero-order valence-corrected chi connectivity index (χ0v) is 13.5. The van der Waals surface area contributed by atoms with Gasteiger partial charge in [-0.25, -0.2) is 0 Å². The molecule has 0 aromatic rings. The quantitative estimate of drug-likeness (QED) is 0.819. The highest BCUT2D eigenvalue weighted by molar-refractivity contribution is 5.81. The van der Waals surface area contributed by atoms with Gasteiger partial charge in [-0.15, -0.1) is 0 Å². The van der Waals surface area contributed by atoms with Crippen LogP contribution in [0.2, 0.25) is 0 Å². The van der Waals surface area contributed by atoms with Gasteiger partial charge in [0.2, 0.25) is 11.8 Å². The smallest absolute Gasteiger partial charge is 0.223 e. The molecule has 0 unspecified atom stereocenters. The molecule has 0 atom stereocenters. The first kappa shape index (κ1) is 16.3. The Morgan fingerprint density at radius 1 is 0.905 bits per heavy atom. The fraction of sp³-hybridized carbons (Fsp3) is 0.882. The number of carbonyl (C=O) groups is 2. The minimum atomic E-state index is 0.110. The molecule has 4 heteroatoms. The summed E-state index contributed by atoms with van der Waals surface area (Å²) in [6.07, 6.45) is 8.19. The maximum atomic E-state index is 12.2. The molecule has 120 valence electrons. The zero-order valence-electron chi connectivity index (χ0n) is 13.5. The standard InChI is InChI=1S/C17H30N2O2/c1-12(2)11-18-16(20)13-7-9-14(10-8-13)17(21)19-15-5-3-4-6-15/h12-15H,3-11H2,1-2H3,(H,18,20)(H,19,21). The molecule has 0 aromatic carbocycles. The van der Waals surface area contributed by atoms with Crippen LogP contribution in [0.15, 0.2) is 0 Å². The molecule has 2 rings (SSSR count). The minimum absolute atomic E-state index is 0.110. The average Bonchev–Trinajstić information content (AvgIpc) is 2.97. The van der Waals surface area contributed by atoms with Crippen LogP contribution in [0.25, 0.3) is 0 Å². The topological polar surface area (TPSA) is 58.2 Å². The number of rotatable bonds is 5. The molecule has 0 aromatic heterocycles. The second-order valence-corrected chi connectivity index (χ2v) is 7.18. The maximum absolute atomic E-state index is 12.2. The first-order valence-electron chi connectivity index (χ1n) is 8.64. The van der Waals surface area contributed by atoms with Crippen molar-refractivity contribution in [3.8, 4) is 0 Å². The van der Waals surface area contributed by atoms with E-state index in [1.54, 1.807) is 0 Å². The third kappa shape index (κ3) is 5.01. The lowest BCUT2D eigenvalue weighted by Gasteiger charge is -2.28. The van der Waals surface area contributed by atoms with E-state index in [9.17, 15) is 9.59 Å². The van der Waals surface area contributed by atoms with E-state index in [1.165, 1.54) is 12.8 Å². The van der Waals surface area contributed by atoms with Crippen LogP contribution in [0.4, 0.5) is 0 Å². The predicted molar refractivity (Wildman–Crippen MR) is 83.7 cm³/mol. The van der Waals surface area contributed by atoms with Crippen LogP contribution in [-0.4, -0.2) is 24.4 Å². The van der Waals surface area contributed by atoms with Crippen molar-refractivity contribution in [1.82, 2.24) is 10.6 Å². The first-order valence-corrected chi connectivity index (χ1v) is 8.64. The van der Waals surface area contributed by atoms with Gasteiger partial charge in [0.05, 0.1) is 0 Å². The Morgan fingerprint density at radius 3 is 1.95 bits per heavy atom. The van der Waals surface area contributed by atoms with Crippen molar-refractivity contribution >= 4 is 11.8 Å². The fourth-order valence-corrected chi connectivity index (χ4v) is 3.46. The molecule has 0 spiro atoms. The highest BCUT2D eigenvalue weighted by atomic mass is 16.2. The van der Waals surface area contributed by atoms with E-state index in [1.807, 2.05) is 0 Å². The van der Waals surface area contributed by atoms with Gasteiger partial charge in [-0.05, 0) is 44.4 Å². The maximum Gasteiger partial charge on any atom is 0.223 e. The van der Waals surface area contributed by atoms with E-state index >= 15 is 0 Å². The van der Waals surface area contributed by atoms with Crippen LogP contribution in [0.1, 0.15) is 65.2 Å². The van der Waals surface area contributed by atoms with Gasteiger partial charge < -0.3 is 10.6 Å². The third-order valence-corrected chi connectivity index (χ3v) is 4.85. The van der Waals surface area contributed by atoms with E-state index in [2.05, 4.69) is 24.5 Å². The highest BCUT2D eigenvalue weighted by Crippen LogP contribution is 2.29. The molecule has 2 aliphatic rings. The van der Waals surface area contributed by atoms with E-state index in [4.69, 9.17) is 0 Å². The summed E-state index contributed by atoms with van der Waals surface area (Å²) in [5, 5.41) is 6.21. The van der Waals surface area contributed by atoms with Gasteiger partial charge in [0.1, 0.15) is 0 Å². The molecule has 0 radical (unpaired) electrons. The highest BCUT2D eigenvalue weighted by Gasteiger charge is 2.31. The van der Waals surface area contributed by atoms with Gasteiger partial charge in [-0.1, -0.05) is 26.7 Å². The average molecular weight is 294 g/mol. The van der Waals surface area contributed by atoms with Crippen molar-refractivity contribution in [3.05, 3.63) is 0 Å². The molecular formula is C17H30N2O2. The second-order valence-electron chi connectivity index (χ2n) is 7.18. The Balaban J connectivity index is 1.69. The van der Waals surface area contributed by atoms with Gasteiger partial charge in [0.25, 0.3) is 0 Å². The number of amides is 2. The summed E-state index contributed by atoms with van der Waals surface area (Å²) in [6, 6.07) is 0.407. The zero-order chi connectivity index (χ0) is 15.2. The van der Waals surface area contributed by atoms with Crippen LogP contribution in [0.3, 0.4) is 0 Å². The fourth-order valence-electron chi connectivity index (χ4n) is 3.46. The van der Waals surface area contributed by atoms with Crippen LogP contribution >= 0.6 is 0 Å². The molecule has 0 heterocycles. The van der Waals surface area contributed by atoms with Crippen LogP contribution in [0.5, 0.6) is 0 Å². The largest absolute Gasteiger partial charge is 0.356 e. The lowest BCUT2D eigenvalue weighted by Crippen LogP contribution is -2.41. The first-order chi connectivity index (χ1) is 10.1. The number of carbonyl (C=O) groups excluding carboxylic acids is 2. The molecule has 2 amide bonds. The summed E-state index contributed by atoms with van der Waals surface area (Å²) in [5.74, 6) is 1.13. The molecule has 0 bridgehead atoms. The molecule has 2 saturated carbocycles. The predicted octanol–water partition coefficient (Wildman–Crippen LogP) is 2.62. The van der Waals surface area contributed by atoms with Crippen molar-refractivity contribution in [2.75, 3.05) is 6.54 Å². The van der Waals surface area contributed by atoms with E-state index in [0.717, 1.165) is 45.1 Å². The van der Waals surface area contributed by atoms with Gasteiger partial charge in [-0.3, -0.25) is 9.59 Å². The number of nitrogens with one attached hydrogen (secondary N) is 2.